The molecule has 1 N–H and O–H groups in total. The van der Waals surface area contributed by atoms with Crippen LogP contribution in [0.4, 0.5) is 5.69 Å². The second-order valence-corrected chi connectivity index (χ2v) is 5.03. The fraction of sp³-hybridized carbons (Fsp3) is 0.500. The number of carboxylic acid groups (broad SMARTS) is 1. The van der Waals surface area contributed by atoms with Gasteiger partial charge in [-0.25, -0.2) is 0 Å². The molecular weight excluding hydrogens is 230 g/mol. The van der Waals surface area contributed by atoms with Crippen LogP contribution in [0.25, 0.3) is 0 Å². The van der Waals surface area contributed by atoms with Crippen molar-refractivity contribution in [2.24, 2.45) is 0 Å². The zero-order chi connectivity index (χ0) is 13.3. The molecule has 0 radical (unpaired) electrons. The number of aryl methyl sites for hydroxylation is 1. The predicted molar refractivity (Wildman–Crippen MR) is 70.3 cm³/mol. The Morgan fingerprint density at radius 2 is 2.28 bits per heavy atom. The zero-order valence-corrected chi connectivity index (χ0v) is 11.0. The molecule has 1 heterocycles. The standard InChI is InChI=1S/C14H19NO3/c1-9(2)15-11(7-14(16)17)8-18-13-6-10(3)4-5-12(13)15/h4-6,9,11H,7-8H2,1-3H3,(H,16,17). The second kappa shape index (κ2) is 4.88. The Hall–Kier alpha value is -1.71. The third kappa shape index (κ3) is 2.42. The van der Waals surface area contributed by atoms with Gasteiger partial charge in [-0.05, 0) is 38.5 Å². The Kier molecular flexibility index (Phi) is 3.45. The van der Waals surface area contributed by atoms with Gasteiger partial charge in [0.05, 0.1) is 18.2 Å². The number of anilines is 1. The maximum Gasteiger partial charge on any atom is 0.305 e. The van der Waals surface area contributed by atoms with Crippen molar-refractivity contribution in [3.05, 3.63) is 23.8 Å². The Morgan fingerprint density at radius 3 is 2.89 bits per heavy atom. The van der Waals surface area contributed by atoms with Crippen molar-refractivity contribution < 1.29 is 14.6 Å². The first-order chi connectivity index (χ1) is 8.49. The summed E-state index contributed by atoms with van der Waals surface area (Å²) in [6.07, 6.45) is 0.103. The molecule has 0 saturated carbocycles. The van der Waals surface area contributed by atoms with Crippen molar-refractivity contribution in [1.29, 1.82) is 0 Å². The topological polar surface area (TPSA) is 49.8 Å². The van der Waals surface area contributed by atoms with Crippen LogP contribution in [0.15, 0.2) is 18.2 Å². The van der Waals surface area contributed by atoms with Gasteiger partial charge in [0.1, 0.15) is 12.4 Å². The van der Waals surface area contributed by atoms with Gasteiger partial charge in [0.25, 0.3) is 0 Å². The molecule has 4 nitrogen and oxygen atoms in total. The SMILES string of the molecule is Cc1ccc2c(c1)OCC(CC(=O)O)N2C(C)C. The van der Waals surface area contributed by atoms with E-state index in [9.17, 15) is 4.79 Å². The quantitative estimate of drug-likeness (QED) is 0.894. The predicted octanol–water partition coefficient (Wildman–Crippen LogP) is 2.45. The zero-order valence-electron chi connectivity index (χ0n) is 11.0. The van der Waals surface area contributed by atoms with Crippen molar-refractivity contribution in [2.75, 3.05) is 11.5 Å². The Bertz CT molecular complexity index is 456. The highest BCUT2D eigenvalue weighted by Gasteiger charge is 2.30. The van der Waals surface area contributed by atoms with Crippen molar-refractivity contribution in [3.63, 3.8) is 0 Å². The molecule has 0 saturated heterocycles. The summed E-state index contributed by atoms with van der Waals surface area (Å²) >= 11 is 0. The monoisotopic (exact) mass is 249 g/mol. The smallest absolute Gasteiger partial charge is 0.305 e. The molecule has 0 fully saturated rings. The van der Waals surface area contributed by atoms with Crippen LogP contribution >= 0.6 is 0 Å². The molecule has 0 aliphatic carbocycles. The van der Waals surface area contributed by atoms with Crippen LogP contribution < -0.4 is 9.64 Å². The van der Waals surface area contributed by atoms with Crippen molar-refractivity contribution >= 4 is 11.7 Å². The Labute approximate surface area is 107 Å². The van der Waals surface area contributed by atoms with Crippen LogP contribution in [0, 0.1) is 6.92 Å². The summed E-state index contributed by atoms with van der Waals surface area (Å²) < 4.78 is 5.69. The van der Waals surface area contributed by atoms with E-state index in [2.05, 4.69) is 18.7 Å². The number of carbonyl (C=O) groups is 1. The first-order valence-electron chi connectivity index (χ1n) is 6.22. The number of hydrogen-bond acceptors (Lipinski definition) is 3. The highest BCUT2D eigenvalue weighted by atomic mass is 16.5. The van der Waals surface area contributed by atoms with Gasteiger partial charge < -0.3 is 14.7 Å². The van der Waals surface area contributed by atoms with Crippen LogP contribution in [0.5, 0.6) is 5.75 Å². The Morgan fingerprint density at radius 1 is 1.56 bits per heavy atom. The number of carboxylic acids is 1. The first kappa shape index (κ1) is 12.7. The summed E-state index contributed by atoms with van der Waals surface area (Å²) in [5.41, 5.74) is 2.14. The average molecular weight is 249 g/mol. The van der Waals surface area contributed by atoms with E-state index in [0.717, 1.165) is 17.0 Å². The molecule has 1 aromatic carbocycles. The number of benzene rings is 1. The van der Waals surface area contributed by atoms with Crippen LogP contribution in [0.2, 0.25) is 0 Å². The van der Waals surface area contributed by atoms with E-state index in [1.54, 1.807) is 0 Å². The first-order valence-corrected chi connectivity index (χ1v) is 6.22. The van der Waals surface area contributed by atoms with Crippen molar-refractivity contribution in [1.82, 2.24) is 0 Å². The van der Waals surface area contributed by atoms with Crippen molar-refractivity contribution in [3.8, 4) is 5.75 Å². The summed E-state index contributed by atoms with van der Waals surface area (Å²) in [5, 5.41) is 8.98. The molecule has 2 rings (SSSR count). The molecule has 1 unspecified atom stereocenters. The van der Waals surface area contributed by atoms with Gasteiger partial charge in [0.15, 0.2) is 0 Å². The highest BCUT2D eigenvalue weighted by Crippen LogP contribution is 2.36. The van der Waals surface area contributed by atoms with E-state index in [1.807, 2.05) is 25.1 Å². The minimum atomic E-state index is -0.787. The fourth-order valence-electron chi connectivity index (χ4n) is 2.47. The minimum absolute atomic E-state index is 0.0993. The normalized spacial score (nSPS) is 18.4. The van der Waals surface area contributed by atoms with Gasteiger partial charge in [-0.15, -0.1) is 0 Å². The molecule has 0 spiro atoms. The number of rotatable bonds is 3. The fourth-order valence-corrected chi connectivity index (χ4v) is 2.47. The lowest BCUT2D eigenvalue weighted by atomic mass is 10.1. The number of ether oxygens (including phenoxy) is 1. The molecule has 1 atom stereocenters. The van der Waals surface area contributed by atoms with Gasteiger partial charge in [-0.2, -0.15) is 0 Å². The summed E-state index contributed by atoms with van der Waals surface area (Å²) in [6, 6.07) is 6.19. The molecule has 1 aliphatic heterocycles. The largest absolute Gasteiger partial charge is 0.489 e. The lowest BCUT2D eigenvalue weighted by Crippen LogP contribution is -2.48. The van der Waals surface area contributed by atoms with Gasteiger partial charge >= 0.3 is 5.97 Å². The maximum absolute atomic E-state index is 10.9. The van der Waals surface area contributed by atoms with E-state index in [0.29, 0.717) is 6.61 Å². The molecule has 0 amide bonds. The van der Waals surface area contributed by atoms with E-state index in [1.165, 1.54) is 0 Å². The molecule has 1 aromatic rings. The van der Waals surface area contributed by atoms with Crippen LogP contribution in [0.1, 0.15) is 25.8 Å². The highest BCUT2D eigenvalue weighted by molar-refractivity contribution is 5.70. The molecular formula is C14H19NO3. The van der Waals surface area contributed by atoms with E-state index in [4.69, 9.17) is 9.84 Å². The molecule has 98 valence electrons. The molecule has 18 heavy (non-hydrogen) atoms. The van der Waals surface area contributed by atoms with E-state index < -0.39 is 5.97 Å². The third-order valence-electron chi connectivity index (χ3n) is 3.18. The lowest BCUT2D eigenvalue weighted by Gasteiger charge is -2.41. The van der Waals surface area contributed by atoms with Gasteiger partial charge in [0, 0.05) is 6.04 Å². The Balaban J connectivity index is 2.35. The molecule has 4 heteroatoms. The number of hydrogen-bond donors (Lipinski definition) is 1. The van der Waals surface area contributed by atoms with Gasteiger partial charge in [-0.1, -0.05) is 6.07 Å². The molecule has 0 bridgehead atoms. The maximum atomic E-state index is 10.9. The summed E-state index contributed by atoms with van der Waals surface area (Å²) in [6.45, 7) is 6.60. The number of fused-ring (bicyclic) bond motifs is 1. The van der Waals surface area contributed by atoms with Crippen molar-refractivity contribution in [2.45, 2.75) is 39.3 Å². The van der Waals surface area contributed by atoms with E-state index >= 15 is 0 Å². The van der Waals surface area contributed by atoms with Gasteiger partial charge in [0.2, 0.25) is 0 Å². The average Bonchev–Trinajstić information content (AvgIpc) is 2.27. The van der Waals surface area contributed by atoms with Crippen LogP contribution in [-0.2, 0) is 4.79 Å². The van der Waals surface area contributed by atoms with Gasteiger partial charge in [-0.3, -0.25) is 4.79 Å². The molecule has 0 aromatic heterocycles. The lowest BCUT2D eigenvalue weighted by molar-refractivity contribution is -0.137. The van der Waals surface area contributed by atoms with E-state index in [-0.39, 0.29) is 18.5 Å². The number of aliphatic carboxylic acids is 1. The number of nitrogens with zero attached hydrogens (tertiary/aromatic N) is 1. The summed E-state index contributed by atoms with van der Waals surface area (Å²) in [7, 11) is 0. The minimum Gasteiger partial charge on any atom is -0.489 e. The summed E-state index contributed by atoms with van der Waals surface area (Å²) in [4.78, 5) is 13.1. The summed E-state index contributed by atoms with van der Waals surface area (Å²) in [5.74, 6) is 0.0650. The molecule has 1 aliphatic rings. The second-order valence-electron chi connectivity index (χ2n) is 5.03. The van der Waals surface area contributed by atoms with Crippen LogP contribution in [-0.4, -0.2) is 29.8 Å². The van der Waals surface area contributed by atoms with Crippen LogP contribution in [0.3, 0.4) is 0 Å². The third-order valence-corrected chi connectivity index (χ3v) is 3.18.